The number of nitrogens with two attached hydrogens (primary N) is 1. The Bertz CT molecular complexity index is 321. The van der Waals surface area contributed by atoms with Gasteiger partial charge in [-0.2, -0.15) is 0 Å². The third kappa shape index (κ3) is 5.03. The summed E-state index contributed by atoms with van der Waals surface area (Å²) < 4.78 is 5.53. The van der Waals surface area contributed by atoms with Crippen molar-refractivity contribution < 1.29 is 15.8 Å². The molecule has 0 spiro atoms. The largest absolute Gasteiger partial charge is 0.488 e. The highest BCUT2D eigenvalue weighted by Crippen LogP contribution is 2.26. The molecule has 0 radical (unpaired) electrons. The Kier molecular flexibility index (Phi) is 6.57. The standard InChI is InChI=1S/C11H16Cl2N2O/c12-10-3-2-9(8-11(10)13)16-7-6-15-5-1-4-14/h2-3,8,15H,1,4-7,14H2/p+2. The van der Waals surface area contributed by atoms with Crippen molar-refractivity contribution in [3.63, 3.8) is 0 Å². The number of ether oxygens (including phenoxy) is 1. The van der Waals surface area contributed by atoms with Crippen molar-refractivity contribution in [1.29, 1.82) is 0 Å². The quantitative estimate of drug-likeness (QED) is 0.696. The van der Waals surface area contributed by atoms with Gasteiger partial charge in [0.1, 0.15) is 18.9 Å². The molecule has 0 fully saturated rings. The number of rotatable bonds is 7. The molecule has 0 heterocycles. The minimum atomic E-state index is 0.528. The van der Waals surface area contributed by atoms with Gasteiger partial charge in [-0.15, -0.1) is 0 Å². The lowest BCUT2D eigenvalue weighted by molar-refractivity contribution is -0.657. The van der Waals surface area contributed by atoms with E-state index in [0.717, 1.165) is 31.8 Å². The number of halogens is 2. The molecular formula is C11H18Cl2N2O+2. The second kappa shape index (κ2) is 7.74. The Labute approximate surface area is 106 Å². The molecule has 0 amide bonds. The van der Waals surface area contributed by atoms with E-state index in [1.54, 1.807) is 12.1 Å². The first-order valence-corrected chi connectivity index (χ1v) is 6.18. The molecule has 3 nitrogen and oxygen atoms in total. The molecule has 0 aromatic heterocycles. The van der Waals surface area contributed by atoms with Crippen molar-refractivity contribution in [2.75, 3.05) is 26.2 Å². The third-order valence-electron chi connectivity index (χ3n) is 2.14. The van der Waals surface area contributed by atoms with E-state index in [2.05, 4.69) is 11.1 Å². The average molecular weight is 265 g/mol. The van der Waals surface area contributed by atoms with Gasteiger partial charge >= 0.3 is 0 Å². The molecule has 0 aliphatic carbocycles. The number of quaternary nitrogens is 2. The fourth-order valence-electron chi connectivity index (χ4n) is 1.26. The van der Waals surface area contributed by atoms with Crippen LogP contribution in [-0.4, -0.2) is 26.2 Å². The molecule has 0 atom stereocenters. The lowest BCUT2D eigenvalue weighted by Crippen LogP contribution is -2.85. The van der Waals surface area contributed by atoms with Crippen LogP contribution in [-0.2, 0) is 0 Å². The van der Waals surface area contributed by atoms with Crippen LogP contribution in [0.25, 0.3) is 0 Å². The van der Waals surface area contributed by atoms with Crippen LogP contribution >= 0.6 is 23.2 Å². The van der Waals surface area contributed by atoms with E-state index in [-0.39, 0.29) is 0 Å². The van der Waals surface area contributed by atoms with Crippen LogP contribution in [0.5, 0.6) is 5.75 Å². The molecule has 0 aliphatic rings. The summed E-state index contributed by atoms with van der Waals surface area (Å²) in [6.07, 6.45) is 1.15. The van der Waals surface area contributed by atoms with Crippen LogP contribution < -0.4 is 15.8 Å². The van der Waals surface area contributed by atoms with E-state index in [1.165, 1.54) is 0 Å². The van der Waals surface area contributed by atoms with E-state index in [9.17, 15) is 0 Å². The summed E-state index contributed by atoms with van der Waals surface area (Å²) in [6, 6.07) is 5.30. The summed E-state index contributed by atoms with van der Waals surface area (Å²) in [7, 11) is 0. The predicted octanol–water partition coefficient (Wildman–Crippen LogP) is 0.568. The summed E-state index contributed by atoms with van der Waals surface area (Å²) in [5.74, 6) is 0.764. The van der Waals surface area contributed by atoms with E-state index in [0.29, 0.717) is 16.7 Å². The van der Waals surface area contributed by atoms with E-state index < -0.39 is 0 Å². The van der Waals surface area contributed by atoms with E-state index >= 15 is 0 Å². The number of hydrogen-bond acceptors (Lipinski definition) is 1. The molecule has 90 valence electrons. The van der Waals surface area contributed by atoms with E-state index in [1.807, 2.05) is 6.07 Å². The predicted molar refractivity (Wildman–Crippen MR) is 66.0 cm³/mol. The Balaban J connectivity index is 2.19. The maximum absolute atomic E-state index is 5.87. The van der Waals surface area contributed by atoms with Crippen molar-refractivity contribution >= 4 is 23.2 Å². The Hall–Kier alpha value is -0.480. The summed E-state index contributed by atoms with van der Waals surface area (Å²) in [4.78, 5) is 0. The van der Waals surface area contributed by atoms with Gasteiger partial charge in [0, 0.05) is 12.5 Å². The van der Waals surface area contributed by atoms with Crippen molar-refractivity contribution in [3.05, 3.63) is 28.2 Å². The molecule has 0 unspecified atom stereocenters. The highest BCUT2D eigenvalue weighted by Gasteiger charge is 2.00. The highest BCUT2D eigenvalue weighted by atomic mass is 35.5. The van der Waals surface area contributed by atoms with Gasteiger partial charge < -0.3 is 15.8 Å². The molecule has 1 rings (SSSR count). The Morgan fingerprint density at radius 1 is 1.19 bits per heavy atom. The molecule has 1 aromatic carbocycles. The van der Waals surface area contributed by atoms with Gasteiger partial charge in [-0.25, -0.2) is 0 Å². The van der Waals surface area contributed by atoms with Crippen molar-refractivity contribution in [2.24, 2.45) is 0 Å². The molecular weight excluding hydrogens is 247 g/mol. The third-order valence-corrected chi connectivity index (χ3v) is 2.88. The zero-order valence-corrected chi connectivity index (χ0v) is 10.7. The zero-order valence-electron chi connectivity index (χ0n) is 9.22. The van der Waals surface area contributed by atoms with Crippen LogP contribution in [0.2, 0.25) is 10.0 Å². The molecule has 5 N–H and O–H groups in total. The minimum absolute atomic E-state index is 0.528. The summed E-state index contributed by atoms with van der Waals surface area (Å²) in [5, 5.41) is 3.30. The monoisotopic (exact) mass is 264 g/mol. The molecule has 1 aromatic rings. The van der Waals surface area contributed by atoms with Gasteiger partial charge in [0.05, 0.1) is 23.1 Å². The van der Waals surface area contributed by atoms with Crippen molar-refractivity contribution in [3.8, 4) is 5.75 Å². The summed E-state index contributed by atoms with van der Waals surface area (Å²) in [5.41, 5.74) is 3.79. The second-order valence-electron chi connectivity index (χ2n) is 3.50. The Morgan fingerprint density at radius 2 is 2.00 bits per heavy atom. The van der Waals surface area contributed by atoms with Crippen LogP contribution in [0, 0.1) is 0 Å². The maximum atomic E-state index is 5.87. The second-order valence-corrected chi connectivity index (χ2v) is 4.31. The molecule has 5 heteroatoms. The molecule has 0 saturated carbocycles. The molecule has 0 bridgehead atoms. The van der Waals surface area contributed by atoms with Gasteiger partial charge in [-0.1, -0.05) is 23.2 Å². The van der Waals surface area contributed by atoms with Crippen molar-refractivity contribution in [2.45, 2.75) is 6.42 Å². The SMILES string of the molecule is [NH3+]CCC[NH2+]CCOc1ccc(Cl)c(Cl)c1. The normalized spacial score (nSPS) is 10.4. The smallest absolute Gasteiger partial charge is 0.137 e. The van der Waals surface area contributed by atoms with Crippen molar-refractivity contribution in [1.82, 2.24) is 0 Å². The average Bonchev–Trinajstić information content (AvgIpc) is 2.28. The number of benzene rings is 1. The zero-order chi connectivity index (χ0) is 11.8. The lowest BCUT2D eigenvalue weighted by Gasteiger charge is -2.06. The molecule has 16 heavy (non-hydrogen) atoms. The van der Waals surface area contributed by atoms with Gasteiger partial charge in [0.25, 0.3) is 0 Å². The summed E-state index contributed by atoms with van der Waals surface area (Å²) in [6.45, 7) is 3.72. The van der Waals surface area contributed by atoms with E-state index in [4.69, 9.17) is 27.9 Å². The number of hydrogen-bond donors (Lipinski definition) is 2. The highest BCUT2D eigenvalue weighted by molar-refractivity contribution is 6.42. The fraction of sp³-hybridized carbons (Fsp3) is 0.455. The van der Waals surface area contributed by atoms with Gasteiger partial charge in [0.15, 0.2) is 0 Å². The van der Waals surface area contributed by atoms with Crippen LogP contribution in [0.4, 0.5) is 0 Å². The Morgan fingerprint density at radius 3 is 2.69 bits per heavy atom. The topological polar surface area (TPSA) is 53.5 Å². The minimum Gasteiger partial charge on any atom is -0.488 e. The first kappa shape index (κ1) is 13.6. The van der Waals surface area contributed by atoms with Gasteiger partial charge in [-0.05, 0) is 12.1 Å². The van der Waals surface area contributed by atoms with Crippen LogP contribution in [0.3, 0.4) is 0 Å². The van der Waals surface area contributed by atoms with Gasteiger partial charge in [0.2, 0.25) is 0 Å². The molecule has 0 aliphatic heterocycles. The summed E-state index contributed by atoms with van der Waals surface area (Å²) >= 11 is 11.7. The first-order chi connectivity index (χ1) is 7.74. The van der Waals surface area contributed by atoms with Gasteiger partial charge in [-0.3, -0.25) is 0 Å². The lowest BCUT2D eigenvalue weighted by atomic mass is 10.3. The fourth-order valence-corrected chi connectivity index (χ4v) is 1.55. The first-order valence-electron chi connectivity index (χ1n) is 5.43. The van der Waals surface area contributed by atoms with Crippen LogP contribution in [0.1, 0.15) is 6.42 Å². The molecule has 0 saturated heterocycles. The maximum Gasteiger partial charge on any atom is 0.137 e. The van der Waals surface area contributed by atoms with Crippen LogP contribution in [0.15, 0.2) is 18.2 Å².